The highest BCUT2D eigenvalue weighted by atomic mass is 32.2. The molecule has 0 saturated carbocycles. The summed E-state index contributed by atoms with van der Waals surface area (Å²) in [5, 5.41) is 5.46. The SMILES string of the molecule is O=C(CSc1ccc(F)c(F)c1)NCc1cccc(NC(=O)c2ccco2)c1. The molecule has 3 aromatic rings. The first kappa shape index (κ1) is 19.6. The van der Waals surface area contributed by atoms with E-state index in [0.717, 1.165) is 29.5 Å². The molecule has 8 heteroatoms. The summed E-state index contributed by atoms with van der Waals surface area (Å²) in [6.07, 6.45) is 1.42. The number of anilines is 1. The second-order valence-corrected chi connectivity index (χ2v) is 6.82. The Labute approximate surface area is 164 Å². The van der Waals surface area contributed by atoms with E-state index < -0.39 is 11.6 Å². The molecule has 0 bridgehead atoms. The van der Waals surface area contributed by atoms with Gasteiger partial charge in [0.25, 0.3) is 5.91 Å². The molecular formula is C20H16F2N2O3S. The molecule has 0 saturated heterocycles. The number of carbonyl (C=O) groups excluding carboxylic acids is 2. The van der Waals surface area contributed by atoms with Crippen LogP contribution in [0.1, 0.15) is 16.1 Å². The minimum Gasteiger partial charge on any atom is -0.459 e. The zero-order chi connectivity index (χ0) is 19.9. The second-order valence-electron chi connectivity index (χ2n) is 5.77. The summed E-state index contributed by atoms with van der Waals surface area (Å²) in [7, 11) is 0. The van der Waals surface area contributed by atoms with Gasteiger partial charge in [0, 0.05) is 17.1 Å². The number of carbonyl (C=O) groups is 2. The maximum Gasteiger partial charge on any atom is 0.291 e. The van der Waals surface area contributed by atoms with Crippen LogP contribution in [-0.4, -0.2) is 17.6 Å². The van der Waals surface area contributed by atoms with Crippen molar-refractivity contribution >= 4 is 29.3 Å². The van der Waals surface area contributed by atoms with Crippen molar-refractivity contribution in [2.45, 2.75) is 11.4 Å². The molecule has 0 aliphatic heterocycles. The molecule has 2 aromatic carbocycles. The quantitative estimate of drug-likeness (QED) is 0.581. The summed E-state index contributed by atoms with van der Waals surface area (Å²) in [5.74, 6) is -2.21. The minimum atomic E-state index is -0.946. The van der Waals surface area contributed by atoms with E-state index in [1.165, 1.54) is 12.3 Å². The minimum absolute atomic E-state index is 0.0694. The molecule has 2 amide bonds. The van der Waals surface area contributed by atoms with E-state index in [-0.39, 0.29) is 29.9 Å². The smallest absolute Gasteiger partial charge is 0.291 e. The molecule has 0 aliphatic rings. The molecule has 2 N–H and O–H groups in total. The van der Waals surface area contributed by atoms with Crippen LogP contribution in [-0.2, 0) is 11.3 Å². The lowest BCUT2D eigenvalue weighted by Gasteiger charge is -2.08. The molecule has 5 nitrogen and oxygen atoms in total. The first-order valence-electron chi connectivity index (χ1n) is 8.29. The van der Waals surface area contributed by atoms with Crippen molar-refractivity contribution < 1.29 is 22.8 Å². The molecular weight excluding hydrogens is 386 g/mol. The fourth-order valence-corrected chi connectivity index (χ4v) is 3.08. The molecule has 0 spiro atoms. The molecule has 0 radical (unpaired) electrons. The topological polar surface area (TPSA) is 71.3 Å². The zero-order valence-electron chi connectivity index (χ0n) is 14.6. The van der Waals surface area contributed by atoms with Crippen molar-refractivity contribution in [1.29, 1.82) is 0 Å². The summed E-state index contributed by atoms with van der Waals surface area (Å²) >= 11 is 1.11. The van der Waals surface area contributed by atoms with Crippen LogP contribution in [0, 0.1) is 11.6 Å². The van der Waals surface area contributed by atoms with Gasteiger partial charge in [-0.05, 0) is 48.0 Å². The van der Waals surface area contributed by atoms with E-state index in [9.17, 15) is 18.4 Å². The summed E-state index contributed by atoms with van der Waals surface area (Å²) in [4.78, 5) is 24.4. The lowest BCUT2D eigenvalue weighted by molar-refractivity contribution is -0.118. The van der Waals surface area contributed by atoms with E-state index in [0.29, 0.717) is 10.6 Å². The average molecular weight is 402 g/mol. The zero-order valence-corrected chi connectivity index (χ0v) is 15.4. The van der Waals surface area contributed by atoms with Crippen LogP contribution in [0.25, 0.3) is 0 Å². The van der Waals surface area contributed by atoms with E-state index in [1.54, 1.807) is 30.3 Å². The normalized spacial score (nSPS) is 10.5. The van der Waals surface area contributed by atoms with Gasteiger partial charge in [-0.25, -0.2) is 8.78 Å². The van der Waals surface area contributed by atoms with Crippen LogP contribution >= 0.6 is 11.8 Å². The number of nitrogens with one attached hydrogen (secondary N) is 2. The van der Waals surface area contributed by atoms with Crippen LogP contribution < -0.4 is 10.6 Å². The van der Waals surface area contributed by atoms with Crippen LogP contribution in [0.4, 0.5) is 14.5 Å². The van der Waals surface area contributed by atoms with Gasteiger partial charge in [-0.3, -0.25) is 9.59 Å². The number of furan rings is 1. The van der Waals surface area contributed by atoms with Gasteiger partial charge in [0.2, 0.25) is 5.91 Å². The Morgan fingerprint density at radius 2 is 1.86 bits per heavy atom. The molecule has 1 aromatic heterocycles. The standard InChI is InChI=1S/C20H16F2N2O3S/c21-16-7-6-15(10-17(16)22)28-12-19(25)23-11-13-3-1-4-14(9-13)24-20(26)18-5-2-8-27-18/h1-10H,11-12H2,(H,23,25)(H,24,26). The number of hydrogen-bond acceptors (Lipinski definition) is 4. The molecule has 3 rings (SSSR count). The fourth-order valence-electron chi connectivity index (χ4n) is 2.33. The highest BCUT2D eigenvalue weighted by Crippen LogP contribution is 2.20. The third-order valence-electron chi connectivity index (χ3n) is 3.68. The number of halogens is 2. The van der Waals surface area contributed by atoms with Crippen LogP contribution in [0.5, 0.6) is 0 Å². The lowest BCUT2D eigenvalue weighted by Crippen LogP contribution is -2.24. The molecule has 0 atom stereocenters. The Hall–Kier alpha value is -3.13. The summed E-state index contributed by atoms with van der Waals surface area (Å²) in [5.41, 5.74) is 1.37. The lowest BCUT2D eigenvalue weighted by atomic mass is 10.2. The number of amides is 2. The predicted octanol–water partition coefficient (Wildman–Crippen LogP) is 4.22. The van der Waals surface area contributed by atoms with Gasteiger partial charge in [-0.15, -0.1) is 11.8 Å². The van der Waals surface area contributed by atoms with Crippen molar-refractivity contribution in [3.8, 4) is 0 Å². The first-order valence-corrected chi connectivity index (χ1v) is 9.28. The van der Waals surface area contributed by atoms with Crippen molar-refractivity contribution in [1.82, 2.24) is 5.32 Å². The van der Waals surface area contributed by atoms with Crippen LogP contribution in [0.3, 0.4) is 0 Å². The fraction of sp³-hybridized carbons (Fsp3) is 0.100. The van der Waals surface area contributed by atoms with Gasteiger partial charge < -0.3 is 15.1 Å². The molecule has 28 heavy (non-hydrogen) atoms. The maximum atomic E-state index is 13.2. The largest absolute Gasteiger partial charge is 0.459 e. The molecule has 1 heterocycles. The van der Waals surface area contributed by atoms with Gasteiger partial charge in [-0.2, -0.15) is 0 Å². The van der Waals surface area contributed by atoms with Crippen molar-refractivity contribution in [3.63, 3.8) is 0 Å². The van der Waals surface area contributed by atoms with Crippen LogP contribution in [0.2, 0.25) is 0 Å². The predicted molar refractivity (Wildman–Crippen MR) is 102 cm³/mol. The third-order valence-corrected chi connectivity index (χ3v) is 4.67. The van der Waals surface area contributed by atoms with Gasteiger partial charge in [0.05, 0.1) is 12.0 Å². The highest BCUT2D eigenvalue weighted by molar-refractivity contribution is 8.00. The first-order chi connectivity index (χ1) is 13.5. The Balaban J connectivity index is 1.49. The number of rotatable bonds is 7. The Morgan fingerprint density at radius 3 is 2.61 bits per heavy atom. The van der Waals surface area contributed by atoms with Crippen molar-refractivity contribution in [2.75, 3.05) is 11.1 Å². The summed E-state index contributed by atoms with van der Waals surface area (Å²) in [6, 6.07) is 13.7. The molecule has 0 unspecified atom stereocenters. The molecule has 0 aliphatic carbocycles. The Kier molecular flexibility index (Phi) is 6.44. The number of benzene rings is 2. The second kappa shape index (κ2) is 9.18. The van der Waals surface area contributed by atoms with Crippen molar-refractivity contribution in [3.05, 3.63) is 83.8 Å². The summed E-state index contributed by atoms with van der Waals surface area (Å²) in [6.45, 7) is 0.266. The molecule has 144 valence electrons. The van der Waals surface area contributed by atoms with Crippen molar-refractivity contribution in [2.24, 2.45) is 0 Å². The number of hydrogen-bond donors (Lipinski definition) is 2. The van der Waals surface area contributed by atoms with E-state index in [1.807, 2.05) is 6.07 Å². The Morgan fingerprint density at radius 1 is 1.00 bits per heavy atom. The summed E-state index contributed by atoms with van der Waals surface area (Å²) < 4.78 is 31.1. The van der Waals surface area contributed by atoms with Crippen LogP contribution in [0.15, 0.2) is 70.2 Å². The number of thioether (sulfide) groups is 1. The van der Waals surface area contributed by atoms with E-state index >= 15 is 0 Å². The third kappa shape index (κ3) is 5.43. The Bertz CT molecular complexity index is 977. The van der Waals surface area contributed by atoms with Gasteiger partial charge in [0.15, 0.2) is 17.4 Å². The van der Waals surface area contributed by atoms with E-state index in [4.69, 9.17) is 4.42 Å². The van der Waals surface area contributed by atoms with Gasteiger partial charge in [0.1, 0.15) is 0 Å². The van der Waals surface area contributed by atoms with E-state index in [2.05, 4.69) is 10.6 Å². The monoisotopic (exact) mass is 402 g/mol. The van der Waals surface area contributed by atoms with Gasteiger partial charge in [-0.1, -0.05) is 12.1 Å². The molecule has 0 fully saturated rings. The highest BCUT2D eigenvalue weighted by Gasteiger charge is 2.10. The average Bonchev–Trinajstić information content (AvgIpc) is 3.22. The maximum absolute atomic E-state index is 13.2. The van der Waals surface area contributed by atoms with Gasteiger partial charge >= 0.3 is 0 Å².